The van der Waals surface area contributed by atoms with Gasteiger partial charge in [0.05, 0.1) is 15.7 Å². The number of hydrogen-bond donors (Lipinski definition) is 0. The lowest BCUT2D eigenvalue weighted by atomic mass is 9.76. The lowest BCUT2D eigenvalue weighted by molar-refractivity contribution is -0.184. The molecule has 3 rings (SSSR count). The van der Waals surface area contributed by atoms with Crippen LogP contribution in [0.15, 0.2) is 12.1 Å². The van der Waals surface area contributed by atoms with Crippen molar-refractivity contribution < 1.29 is 18.7 Å². The second kappa shape index (κ2) is 7.17. The summed E-state index contributed by atoms with van der Waals surface area (Å²) in [5, 5.41) is 0.606. The molecule has 1 saturated heterocycles. The summed E-state index contributed by atoms with van der Waals surface area (Å²) in [5.74, 6) is -2.32. The van der Waals surface area contributed by atoms with E-state index in [1.807, 2.05) is 6.92 Å². The van der Waals surface area contributed by atoms with Crippen molar-refractivity contribution in [2.45, 2.75) is 58.2 Å². The van der Waals surface area contributed by atoms with Gasteiger partial charge in [0.2, 0.25) is 0 Å². The molecule has 0 aliphatic carbocycles. The van der Waals surface area contributed by atoms with Crippen molar-refractivity contribution in [3.05, 3.63) is 38.6 Å². The number of nitrogens with zero attached hydrogens (tertiary/aromatic N) is 1. The first-order chi connectivity index (χ1) is 12.9. The predicted octanol–water partition coefficient (Wildman–Crippen LogP) is 5.63. The van der Waals surface area contributed by atoms with Gasteiger partial charge in [0.1, 0.15) is 27.9 Å². The third kappa shape index (κ3) is 3.52. The zero-order chi connectivity index (χ0) is 21.0. The number of ether oxygens (including phenoxy) is 1. The Kier molecular flexibility index (Phi) is 5.47. The lowest BCUT2D eigenvalue weighted by Gasteiger charge is -2.42. The maximum absolute atomic E-state index is 14.0. The van der Waals surface area contributed by atoms with Gasteiger partial charge in [-0.05, 0) is 46.2 Å². The number of ketones is 2. The standard InChI is InChI=1S/C20H20Cl2FNO3S/c1-6-13-15(14-16(25)19(2,3)27-20(4,5)17(14)26)24-18(28-13)9-7-12(23)11(22)8-10(9)21/h7-8,14H,6H2,1-5H3. The van der Waals surface area contributed by atoms with Crippen LogP contribution in [0.3, 0.4) is 0 Å². The quantitative estimate of drug-likeness (QED) is 0.455. The van der Waals surface area contributed by atoms with E-state index in [-0.39, 0.29) is 21.6 Å². The van der Waals surface area contributed by atoms with E-state index in [1.165, 1.54) is 23.5 Å². The van der Waals surface area contributed by atoms with Crippen molar-refractivity contribution in [1.29, 1.82) is 0 Å². The average molecular weight is 444 g/mol. The summed E-state index contributed by atoms with van der Waals surface area (Å²) in [6.45, 7) is 8.53. The summed E-state index contributed by atoms with van der Waals surface area (Å²) in [5.41, 5.74) is -1.48. The fraction of sp³-hybridized carbons (Fsp3) is 0.450. The van der Waals surface area contributed by atoms with Crippen molar-refractivity contribution in [3.8, 4) is 10.6 Å². The molecule has 4 nitrogen and oxygen atoms in total. The van der Waals surface area contributed by atoms with Crippen LogP contribution >= 0.6 is 34.5 Å². The minimum absolute atomic E-state index is 0.0838. The number of aryl methyl sites for hydroxylation is 1. The van der Waals surface area contributed by atoms with Crippen molar-refractivity contribution in [3.63, 3.8) is 0 Å². The van der Waals surface area contributed by atoms with Crippen LogP contribution in [0, 0.1) is 5.82 Å². The molecule has 2 heterocycles. The molecule has 0 unspecified atom stereocenters. The Bertz CT molecular complexity index is 958. The number of hydrogen-bond acceptors (Lipinski definition) is 5. The average Bonchev–Trinajstić information content (AvgIpc) is 3.00. The summed E-state index contributed by atoms with van der Waals surface area (Å²) in [4.78, 5) is 31.4. The third-order valence-corrected chi connectivity index (χ3v) is 6.64. The van der Waals surface area contributed by atoms with Crippen LogP contribution < -0.4 is 0 Å². The van der Waals surface area contributed by atoms with E-state index in [9.17, 15) is 14.0 Å². The highest BCUT2D eigenvalue weighted by atomic mass is 35.5. The van der Waals surface area contributed by atoms with E-state index in [1.54, 1.807) is 27.7 Å². The van der Waals surface area contributed by atoms with Gasteiger partial charge in [-0.3, -0.25) is 9.59 Å². The Hall–Kier alpha value is -1.34. The fourth-order valence-corrected chi connectivity index (χ4v) is 5.04. The third-order valence-electron chi connectivity index (χ3n) is 4.78. The van der Waals surface area contributed by atoms with Crippen LogP contribution in [0.4, 0.5) is 4.39 Å². The lowest BCUT2D eigenvalue weighted by Crippen LogP contribution is -2.58. The molecule has 1 aromatic heterocycles. The molecule has 0 N–H and O–H groups in total. The molecule has 0 spiro atoms. The highest BCUT2D eigenvalue weighted by Crippen LogP contribution is 2.43. The maximum atomic E-state index is 14.0. The highest BCUT2D eigenvalue weighted by molar-refractivity contribution is 7.15. The van der Waals surface area contributed by atoms with Crippen LogP contribution in [0.5, 0.6) is 0 Å². The summed E-state index contributed by atoms with van der Waals surface area (Å²) in [6, 6.07) is 2.53. The Morgan fingerprint density at radius 2 is 1.68 bits per heavy atom. The number of thiazole rings is 1. The fourth-order valence-electron chi connectivity index (χ4n) is 3.45. The van der Waals surface area contributed by atoms with Gasteiger partial charge in [-0.25, -0.2) is 9.37 Å². The molecule has 0 bridgehead atoms. The topological polar surface area (TPSA) is 56.3 Å². The number of rotatable bonds is 3. The molecule has 2 aromatic rings. The maximum Gasteiger partial charge on any atom is 0.180 e. The first-order valence-electron chi connectivity index (χ1n) is 8.82. The largest absolute Gasteiger partial charge is 0.354 e. The Balaban J connectivity index is 2.17. The van der Waals surface area contributed by atoms with Gasteiger partial charge in [0, 0.05) is 10.4 Å². The van der Waals surface area contributed by atoms with Gasteiger partial charge in [-0.2, -0.15) is 0 Å². The molecule has 1 aliphatic heterocycles. The molecule has 0 atom stereocenters. The number of aromatic nitrogens is 1. The molecule has 1 aliphatic rings. The number of benzene rings is 1. The van der Waals surface area contributed by atoms with Crippen molar-refractivity contribution in [1.82, 2.24) is 4.98 Å². The first-order valence-corrected chi connectivity index (χ1v) is 10.4. The van der Waals surface area contributed by atoms with Crippen molar-refractivity contribution in [2.24, 2.45) is 0 Å². The smallest absolute Gasteiger partial charge is 0.180 e. The second-order valence-corrected chi connectivity index (χ2v) is 9.61. The number of carbonyl (C=O) groups is 2. The van der Waals surface area contributed by atoms with E-state index in [2.05, 4.69) is 4.98 Å². The minimum atomic E-state index is -1.12. The normalized spacial score (nSPS) is 19.3. The van der Waals surface area contributed by atoms with Crippen LogP contribution in [-0.4, -0.2) is 27.8 Å². The Morgan fingerprint density at radius 3 is 2.21 bits per heavy atom. The zero-order valence-corrected chi connectivity index (χ0v) is 18.5. The predicted molar refractivity (Wildman–Crippen MR) is 109 cm³/mol. The van der Waals surface area contributed by atoms with Gasteiger partial charge < -0.3 is 4.74 Å². The van der Waals surface area contributed by atoms with E-state index in [0.717, 1.165) is 4.88 Å². The van der Waals surface area contributed by atoms with E-state index in [4.69, 9.17) is 27.9 Å². The SMILES string of the molecule is CCc1sc(-c2cc(F)c(Cl)cc2Cl)nc1C1C(=O)C(C)(C)OC(C)(C)C1=O. The van der Waals surface area contributed by atoms with Crippen LogP contribution in [-0.2, 0) is 20.7 Å². The van der Waals surface area contributed by atoms with Gasteiger partial charge in [0.25, 0.3) is 0 Å². The molecule has 0 radical (unpaired) electrons. The summed E-state index contributed by atoms with van der Waals surface area (Å²) in [6.07, 6.45) is 0.569. The molecule has 1 fully saturated rings. The summed E-state index contributed by atoms with van der Waals surface area (Å²) in [7, 11) is 0. The summed E-state index contributed by atoms with van der Waals surface area (Å²) < 4.78 is 19.7. The molecule has 1 aromatic carbocycles. The van der Waals surface area contributed by atoms with E-state index < -0.39 is 22.9 Å². The molecule has 0 amide bonds. The summed E-state index contributed by atoms with van der Waals surface area (Å²) >= 11 is 13.3. The molecule has 28 heavy (non-hydrogen) atoms. The second-order valence-electron chi connectivity index (χ2n) is 7.71. The number of carbonyl (C=O) groups excluding carboxylic acids is 2. The highest BCUT2D eigenvalue weighted by Gasteiger charge is 2.54. The Labute approximate surface area is 177 Å². The molecular formula is C20H20Cl2FNO3S. The van der Waals surface area contributed by atoms with Crippen LogP contribution in [0.25, 0.3) is 10.6 Å². The van der Waals surface area contributed by atoms with Gasteiger partial charge >= 0.3 is 0 Å². The minimum Gasteiger partial charge on any atom is -0.354 e. The van der Waals surface area contributed by atoms with E-state index >= 15 is 0 Å². The number of halogens is 3. The van der Waals surface area contributed by atoms with Gasteiger partial charge in [-0.1, -0.05) is 30.1 Å². The van der Waals surface area contributed by atoms with Crippen LogP contribution in [0.2, 0.25) is 10.0 Å². The molecule has 150 valence electrons. The molecule has 0 saturated carbocycles. The first kappa shape index (κ1) is 21.4. The van der Waals surface area contributed by atoms with E-state index in [0.29, 0.717) is 22.7 Å². The van der Waals surface area contributed by atoms with Gasteiger partial charge in [0.15, 0.2) is 11.6 Å². The molecule has 8 heteroatoms. The monoisotopic (exact) mass is 443 g/mol. The molecular weight excluding hydrogens is 424 g/mol. The Morgan fingerprint density at radius 1 is 1.11 bits per heavy atom. The van der Waals surface area contributed by atoms with Gasteiger partial charge in [-0.15, -0.1) is 11.3 Å². The van der Waals surface area contributed by atoms with Crippen LogP contribution in [0.1, 0.15) is 51.1 Å². The van der Waals surface area contributed by atoms with Crippen molar-refractivity contribution in [2.75, 3.05) is 0 Å². The van der Waals surface area contributed by atoms with Crippen molar-refractivity contribution >= 4 is 46.1 Å². The number of Topliss-reactive ketones (excluding diaryl/α,β-unsaturated/α-hetero) is 2. The zero-order valence-electron chi connectivity index (χ0n) is 16.2.